The van der Waals surface area contributed by atoms with E-state index in [-0.39, 0.29) is 21.5 Å². The first-order valence-electron chi connectivity index (χ1n) is 9.64. The molecule has 2 aromatic carbocycles. The van der Waals surface area contributed by atoms with Gasteiger partial charge in [0.05, 0.1) is 11.5 Å². The van der Waals surface area contributed by atoms with Crippen molar-refractivity contribution in [2.24, 2.45) is 0 Å². The maximum atomic E-state index is 13.5. The van der Waals surface area contributed by atoms with Crippen LogP contribution in [-0.2, 0) is 21.1 Å². The average molecular weight is 427 g/mol. The Kier molecular flexibility index (Phi) is 6.43. The van der Waals surface area contributed by atoms with Crippen LogP contribution in [0.25, 0.3) is 0 Å². The van der Waals surface area contributed by atoms with E-state index in [1.165, 1.54) is 0 Å². The summed E-state index contributed by atoms with van der Waals surface area (Å²) in [5.74, 6) is -0.100. The second-order valence-electron chi connectivity index (χ2n) is 7.17. The van der Waals surface area contributed by atoms with E-state index >= 15 is 0 Å². The van der Waals surface area contributed by atoms with E-state index in [0.717, 1.165) is 11.3 Å². The van der Waals surface area contributed by atoms with Crippen LogP contribution in [0.1, 0.15) is 27.2 Å². The summed E-state index contributed by atoms with van der Waals surface area (Å²) < 4.78 is 34.0. The predicted molar refractivity (Wildman–Crippen MR) is 117 cm³/mol. The van der Waals surface area contributed by atoms with E-state index in [9.17, 15) is 13.2 Å². The van der Waals surface area contributed by atoms with Crippen molar-refractivity contribution in [2.75, 3.05) is 19.0 Å². The topological polar surface area (TPSA) is 77.4 Å². The van der Waals surface area contributed by atoms with Crippen molar-refractivity contribution in [2.45, 2.75) is 37.1 Å². The average Bonchev–Trinajstić information content (AvgIpc) is 2.97. The van der Waals surface area contributed by atoms with Gasteiger partial charge in [0.25, 0.3) is 5.91 Å². The molecule has 0 aliphatic heterocycles. The van der Waals surface area contributed by atoms with Gasteiger partial charge < -0.3 is 14.6 Å². The summed E-state index contributed by atoms with van der Waals surface area (Å²) in [6, 6.07) is 15.4. The third kappa shape index (κ3) is 4.17. The lowest BCUT2D eigenvalue weighted by atomic mass is 10.1. The number of hydrogen-bond acceptors (Lipinski definition) is 4. The first-order chi connectivity index (χ1) is 14.3. The van der Waals surface area contributed by atoms with Gasteiger partial charge in [-0.05, 0) is 50.6 Å². The molecule has 1 heterocycles. The number of aromatic nitrogens is 1. The van der Waals surface area contributed by atoms with Gasteiger partial charge in [-0.3, -0.25) is 4.79 Å². The SMILES string of the molecule is COCCn1c(C)c(C)c(S(=O)(=O)c2ccccc2)c1NC(=O)c1cccc(C)c1. The number of aryl methyl sites for hydroxylation is 1. The van der Waals surface area contributed by atoms with Gasteiger partial charge in [-0.15, -0.1) is 0 Å². The monoisotopic (exact) mass is 426 g/mol. The summed E-state index contributed by atoms with van der Waals surface area (Å²) in [6.45, 7) is 6.30. The highest BCUT2D eigenvalue weighted by Gasteiger charge is 2.30. The molecule has 0 saturated heterocycles. The van der Waals surface area contributed by atoms with Crippen LogP contribution < -0.4 is 5.32 Å². The predicted octanol–water partition coefficient (Wildman–Crippen LogP) is 4.14. The molecule has 7 heteroatoms. The van der Waals surface area contributed by atoms with Gasteiger partial charge in [-0.25, -0.2) is 8.42 Å². The summed E-state index contributed by atoms with van der Waals surface area (Å²) in [5, 5.41) is 2.86. The Morgan fingerprint density at radius 2 is 1.73 bits per heavy atom. The van der Waals surface area contributed by atoms with Crippen molar-refractivity contribution in [3.8, 4) is 0 Å². The molecule has 30 heavy (non-hydrogen) atoms. The Hall–Kier alpha value is -2.90. The zero-order valence-electron chi connectivity index (χ0n) is 17.6. The molecule has 0 aliphatic carbocycles. The summed E-state index contributed by atoms with van der Waals surface area (Å²) in [7, 11) is -2.26. The van der Waals surface area contributed by atoms with Crippen molar-refractivity contribution < 1.29 is 17.9 Å². The van der Waals surface area contributed by atoms with E-state index in [1.54, 1.807) is 67.1 Å². The number of amides is 1. The molecule has 0 atom stereocenters. The number of hydrogen-bond donors (Lipinski definition) is 1. The van der Waals surface area contributed by atoms with Crippen molar-refractivity contribution in [3.63, 3.8) is 0 Å². The van der Waals surface area contributed by atoms with Gasteiger partial charge in [-0.2, -0.15) is 0 Å². The minimum Gasteiger partial charge on any atom is -0.383 e. The van der Waals surface area contributed by atoms with E-state index < -0.39 is 9.84 Å². The first-order valence-corrected chi connectivity index (χ1v) is 11.1. The minimum atomic E-state index is -3.84. The number of methoxy groups -OCH3 is 1. The normalized spacial score (nSPS) is 11.5. The van der Waals surface area contributed by atoms with Crippen LogP contribution in [0.2, 0.25) is 0 Å². The Morgan fingerprint density at radius 3 is 2.37 bits per heavy atom. The summed E-state index contributed by atoms with van der Waals surface area (Å²) in [6.07, 6.45) is 0. The van der Waals surface area contributed by atoms with Crippen LogP contribution in [0, 0.1) is 20.8 Å². The van der Waals surface area contributed by atoms with Gasteiger partial charge >= 0.3 is 0 Å². The molecule has 0 fully saturated rings. The molecule has 0 aliphatic rings. The molecule has 3 aromatic rings. The van der Waals surface area contributed by atoms with Gasteiger partial charge in [0.1, 0.15) is 10.7 Å². The molecule has 1 aromatic heterocycles. The first kappa shape index (κ1) is 21.8. The fraction of sp³-hybridized carbons (Fsp3) is 0.261. The molecule has 0 saturated carbocycles. The number of sulfone groups is 1. The molecule has 6 nitrogen and oxygen atoms in total. The van der Waals surface area contributed by atoms with Crippen molar-refractivity contribution in [1.29, 1.82) is 0 Å². The second kappa shape index (κ2) is 8.85. The highest BCUT2D eigenvalue weighted by molar-refractivity contribution is 7.91. The highest BCUT2D eigenvalue weighted by atomic mass is 32.2. The lowest BCUT2D eigenvalue weighted by Gasteiger charge is -2.14. The van der Waals surface area contributed by atoms with Gasteiger partial charge in [0.15, 0.2) is 0 Å². The van der Waals surface area contributed by atoms with Crippen LogP contribution in [0.15, 0.2) is 64.4 Å². The van der Waals surface area contributed by atoms with Crippen LogP contribution >= 0.6 is 0 Å². The van der Waals surface area contributed by atoms with Crippen molar-refractivity contribution in [3.05, 3.63) is 77.0 Å². The largest absolute Gasteiger partial charge is 0.383 e. The molecule has 0 spiro atoms. The maximum Gasteiger partial charge on any atom is 0.256 e. The summed E-state index contributed by atoms with van der Waals surface area (Å²) in [5.41, 5.74) is 2.78. The van der Waals surface area contributed by atoms with E-state index in [0.29, 0.717) is 24.3 Å². The quantitative estimate of drug-likeness (QED) is 0.616. The Balaban J connectivity index is 2.16. The van der Waals surface area contributed by atoms with E-state index in [4.69, 9.17) is 4.74 Å². The number of carbonyl (C=O) groups excluding carboxylic acids is 1. The number of nitrogens with one attached hydrogen (secondary N) is 1. The van der Waals surface area contributed by atoms with Crippen LogP contribution in [-0.4, -0.2) is 32.6 Å². The fourth-order valence-corrected chi connectivity index (χ4v) is 5.15. The minimum absolute atomic E-state index is 0.114. The lowest BCUT2D eigenvalue weighted by Crippen LogP contribution is -2.19. The van der Waals surface area contributed by atoms with Crippen LogP contribution in [0.4, 0.5) is 5.82 Å². The molecule has 3 rings (SSSR count). The zero-order chi connectivity index (χ0) is 21.9. The number of rotatable bonds is 7. The smallest absolute Gasteiger partial charge is 0.256 e. The third-order valence-corrected chi connectivity index (χ3v) is 7.06. The molecule has 0 bridgehead atoms. The van der Waals surface area contributed by atoms with E-state index in [2.05, 4.69) is 5.32 Å². The highest BCUT2D eigenvalue weighted by Crippen LogP contribution is 2.35. The van der Waals surface area contributed by atoms with Crippen LogP contribution in [0.5, 0.6) is 0 Å². The molecule has 1 N–H and O–H groups in total. The Labute approximate surface area is 177 Å². The van der Waals surface area contributed by atoms with Gasteiger partial charge in [-0.1, -0.05) is 35.9 Å². The number of anilines is 1. The maximum absolute atomic E-state index is 13.5. The molecule has 158 valence electrons. The Bertz CT molecular complexity index is 1170. The number of benzene rings is 2. The standard InChI is InChI=1S/C23H26N2O4S/c1-16-9-8-10-19(15-16)23(26)24-22-21(17(2)18(3)25(22)13-14-29-4)30(27,28)20-11-6-5-7-12-20/h5-12,15H,13-14H2,1-4H3,(H,24,26). The van der Waals surface area contributed by atoms with E-state index in [1.807, 2.05) is 19.9 Å². The number of ether oxygens (including phenoxy) is 1. The molecular weight excluding hydrogens is 400 g/mol. The van der Waals surface area contributed by atoms with Crippen LogP contribution in [0.3, 0.4) is 0 Å². The number of carbonyl (C=O) groups is 1. The fourth-order valence-electron chi connectivity index (χ4n) is 3.43. The molecule has 1 amide bonds. The Morgan fingerprint density at radius 1 is 1.03 bits per heavy atom. The van der Waals surface area contributed by atoms with Crippen molar-refractivity contribution >= 4 is 21.6 Å². The van der Waals surface area contributed by atoms with Gasteiger partial charge in [0, 0.05) is 24.9 Å². The summed E-state index contributed by atoms with van der Waals surface area (Å²) >= 11 is 0. The molecular formula is C23H26N2O4S. The third-order valence-electron chi connectivity index (χ3n) is 5.13. The lowest BCUT2D eigenvalue weighted by molar-refractivity contribution is 0.102. The zero-order valence-corrected chi connectivity index (χ0v) is 18.4. The van der Waals surface area contributed by atoms with Crippen molar-refractivity contribution in [1.82, 2.24) is 4.57 Å². The second-order valence-corrected chi connectivity index (χ2v) is 9.06. The number of nitrogens with zero attached hydrogens (tertiary/aromatic N) is 1. The summed E-state index contributed by atoms with van der Waals surface area (Å²) in [4.78, 5) is 13.3. The van der Waals surface area contributed by atoms with Gasteiger partial charge in [0.2, 0.25) is 9.84 Å². The molecule has 0 radical (unpaired) electrons. The molecule has 0 unspecified atom stereocenters.